The third-order valence-corrected chi connectivity index (χ3v) is 6.61. The monoisotopic (exact) mass is 332 g/mol. The molecule has 8 heteroatoms. The van der Waals surface area contributed by atoms with E-state index in [1.54, 1.807) is 12.1 Å². The van der Waals surface area contributed by atoms with Crippen molar-refractivity contribution in [3.8, 4) is 0 Å². The van der Waals surface area contributed by atoms with E-state index in [9.17, 15) is 16.8 Å². The number of sulfonamides is 1. The van der Waals surface area contributed by atoms with Gasteiger partial charge in [-0.15, -0.1) is 0 Å². The van der Waals surface area contributed by atoms with E-state index in [1.165, 1.54) is 12.1 Å². The van der Waals surface area contributed by atoms with Gasteiger partial charge in [-0.3, -0.25) is 0 Å². The fraction of sp³-hybridized carbons (Fsp3) is 0.538. The summed E-state index contributed by atoms with van der Waals surface area (Å²) in [7, 11) is -6.66. The van der Waals surface area contributed by atoms with Crippen LogP contribution in [0.1, 0.15) is 31.9 Å². The number of nitrogens with one attached hydrogen (secondary N) is 1. The predicted octanol–water partition coefficient (Wildman–Crippen LogP) is 0.562. The lowest BCUT2D eigenvalue weighted by molar-refractivity contribution is 0.355. The molecule has 2 rings (SSSR count). The maximum Gasteiger partial charge on any atom is 0.238 e. The Morgan fingerprint density at radius 1 is 1.29 bits per heavy atom. The molecule has 1 saturated heterocycles. The minimum Gasteiger partial charge on any atom is -0.304 e. The van der Waals surface area contributed by atoms with Crippen LogP contribution in [0.4, 0.5) is 0 Å². The van der Waals surface area contributed by atoms with E-state index in [1.807, 2.05) is 13.8 Å². The van der Waals surface area contributed by atoms with Crippen LogP contribution >= 0.6 is 0 Å². The molecule has 21 heavy (non-hydrogen) atoms. The molecule has 0 aromatic heterocycles. The highest BCUT2D eigenvalue weighted by Crippen LogP contribution is 2.27. The minimum absolute atomic E-state index is 0.0631. The lowest BCUT2D eigenvalue weighted by Gasteiger charge is -2.29. The summed E-state index contributed by atoms with van der Waals surface area (Å²) in [6.45, 7) is 3.81. The van der Waals surface area contributed by atoms with Crippen LogP contribution in [-0.2, 0) is 19.9 Å². The van der Waals surface area contributed by atoms with Crippen LogP contribution in [0.3, 0.4) is 0 Å². The Labute approximate surface area is 125 Å². The minimum atomic E-state index is -3.69. The first-order valence-corrected chi connectivity index (χ1v) is 9.98. The zero-order valence-electron chi connectivity index (χ0n) is 12.0. The highest BCUT2D eigenvalue weighted by atomic mass is 32.2. The second-order valence-electron chi connectivity index (χ2n) is 5.88. The fourth-order valence-corrected chi connectivity index (χ4v) is 5.30. The zero-order chi connectivity index (χ0) is 15.9. The largest absolute Gasteiger partial charge is 0.304 e. The highest BCUT2D eigenvalue weighted by Gasteiger charge is 2.38. The maximum absolute atomic E-state index is 11.6. The summed E-state index contributed by atoms with van der Waals surface area (Å²) in [6, 6.07) is 6.19. The standard InChI is InChI=1S/C13H20N2O4S2/c1-10(15-13(2)7-8-20(16,17)9-13)11-3-5-12(6-4-11)21(14,18)19/h3-6,10,15H,7-9H2,1-2H3,(H2,14,18,19). The summed E-state index contributed by atoms with van der Waals surface area (Å²) in [4.78, 5) is 0.0631. The molecule has 3 N–H and O–H groups in total. The van der Waals surface area contributed by atoms with Crippen LogP contribution in [0.15, 0.2) is 29.2 Å². The Bertz CT molecular complexity index is 726. The third kappa shape index (κ3) is 4.03. The van der Waals surface area contributed by atoms with Gasteiger partial charge in [0.25, 0.3) is 0 Å². The lowest BCUT2D eigenvalue weighted by Crippen LogP contribution is -2.44. The summed E-state index contributed by atoms with van der Waals surface area (Å²) in [5, 5.41) is 8.38. The summed E-state index contributed by atoms with van der Waals surface area (Å²) in [5.74, 6) is 0.327. The molecule has 1 aliphatic rings. The molecule has 2 atom stereocenters. The van der Waals surface area contributed by atoms with E-state index < -0.39 is 25.4 Å². The molecule has 0 bridgehead atoms. The quantitative estimate of drug-likeness (QED) is 0.838. The first kappa shape index (κ1) is 16.4. The van der Waals surface area contributed by atoms with Gasteiger partial charge in [-0.25, -0.2) is 22.0 Å². The van der Waals surface area contributed by atoms with Gasteiger partial charge in [0.15, 0.2) is 9.84 Å². The van der Waals surface area contributed by atoms with Crippen molar-refractivity contribution >= 4 is 19.9 Å². The number of benzene rings is 1. The zero-order valence-corrected chi connectivity index (χ0v) is 13.7. The van der Waals surface area contributed by atoms with Gasteiger partial charge < -0.3 is 5.32 Å². The van der Waals surface area contributed by atoms with E-state index in [2.05, 4.69) is 5.32 Å². The number of hydrogen-bond donors (Lipinski definition) is 2. The highest BCUT2D eigenvalue weighted by molar-refractivity contribution is 7.91. The van der Waals surface area contributed by atoms with Gasteiger partial charge in [0, 0.05) is 11.6 Å². The molecule has 1 heterocycles. The van der Waals surface area contributed by atoms with Crippen molar-refractivity contribution in [2.45, 2.75) is 36.7 Å². The molecule has 1 fully saturated rings. The lowest BCUT2D eigenvalue weighted by atomic mass is 9.98. The third-order valence-electron chi connectivity index (χ3n) is 3.78. The Hall–Kier alpha value is -0.960. The molecule has 0 saturated carbocycles. The van der Waals surface area contributed by atoms with Crippen LogP contribution < -0.4 is 10.5 Å². The Balaban J connectivity index is 2.13. The number of rotatable bonds is 4. The number of sulfone groups is 1. The van der Waals surface area contributed by atoms with Crippen LogP contribution in [0.5, 0.6) is 0 Å². The average molecular weight is 332 g/mol. The normalized spacial score (nSPS) is 26.6. The molecule has 2 unspecified atom stereocenters. The Morgan fingerprint density at radius 3 is 2.29 bits per heavy atom. The predicted molar refractivity (Wildman–Crippen MR) is 81.0 cm³/mol. The summed E-state index contributed by atoms with van der Waals surface area (Å²) in [6.07, 6.45) is 0.578. The smallest absolute Gasteiger partial charge is 0.238 e. The van der Waals surface area contributed by atoms with Gasteiger partial charge >= 0.3 is 0 Å². The van der Waals surface area contributed by atoms with Crippen LogP contribution in [0.25, 0.3) is 0 Å². The van der Waals surface area contributed by atoms with E-state index in [4.69, 9.17) is 5.14 Å². The number of hydrogen-bond acceptors (Lipinski definition) is 5. The van der Waals surface area contributed by atoms with E-state index in [-0.39, 0.29) is 22.4 Å². The molecule has 0 aliphatic carbocycles. The van der Waals surface area contributed by atoms with Crippen molar-refractivity contribution in [3.05, 3.63) is 29.8 Å². The Kier molecular flexibility index (Phi) is 4.18. The van der Waals surface area contributed by atoms with Gasteiger partial charge in [0.2, 0.25) is 10.0 Å². The summed E-state index contributed by atoms with van der Waals surface area (Å²) >= 11 is 0. The van der Waals surface area contributed by atoms with Crippen LogP contribution in [-0.4, -0.2) is 33.9 Å². The fourth-order valence-electron chi connectivity index (χ4n) is 2.68. The van der Waals surface area contributed by atoms with E-state index >= 15 is 0 Å². The van der Waals surface area contributed by atoms with Crippen molar-refractivity contribution in [3.63, 3.8) is 0 Å². The molecular formula is C13H20N2O4S2. The molecule has 1 aliphatic heterocycles. The maximum atomic E-state index is 11.6. The number of primary sulfonamides is 1. The second-order valence-corrected chi connectivity index (χ2v) is 9.63. The molecule has 1 aromatic rings. The van der Waals surface area contributed by atoms with E-state index in [0.717, 1.165) is 5.56 Å². The average Bonchev–Trinajstić information content (AvgIpc) is 2.62. The topological polar surface area (TPSA) is 106 Å². The SMILES string of the molecule is CC(NC1(C)CCS(=O)(=O)C1)c1ccc(S(N)(=O)=O)cc1. The van der Waals surface area contributed by atoms with E-state index in [0.29, 0.717) is 6.42 Å². The van der Waals surface area contributed by atoms with Gasteiger partial charge in [0.1, 0.15) is 0 Å². The van der Waals surface area contributed by atoms with Crippen molar-refractivity contribution in [1.29, 1.82) is 0 Å². The molecule has 0 spiro atoms. The van der Waals surface area contributed by atoms with Crippen LogP contribution in [0, 0.1) is 0 Å². The van der Waals surface area contributed by atoms with Crippen molar-refractivity contribution in [2.24, 2.45) is 5.14 Å². The van der Waals surface area contributed by atoms with Crippen LogP contribution in [0.2, 0.25) is 0 Å². The summed E-state index contributed by atoms with van der Waals surface area (Å²) in [5.41, 5.74) is 0.435. The Morgan fingerprint density at radius 2 is 1.86 bits per heavy atom. The van der Waals surface area contributed by atoms with Gasteiger partial charge in [-0.05, 0) is 38.0 Å². The number of nitrogens with two attached hydrogens (primary N) is 1. The molecule has 0 radical (unpaired) electrons. The molecular weight excluding hydrogens is 312 g/mol. The molecule has 118 valence electrons. The second kappa shape index (κ2) is 5.35. The first-order valence-electron chi connectivity index (χ1n) is 6.62. The summed E-state index contributed by atoms with van der Waals surface area (Å²) < 4.78 is 45.6. The van der Waals surface area contributed by atoms with Crippen molar-refractivity contribution < 1.29 is 16.8 Å². The molecule has 1 aromatic carbocycles. The van der Waals surface area contributed by atoms with Crippen molar-refractivity contribution in [2.75, 3.05) is 11.5 Å². The molecule has 6 nitrogen and oxygen atoms in total. The van der Waals surface area contributed by atoms with Gasteiger partial charge in [-0.1, -0.05) is 12.1 Å². The van der Waals surface area contributed by atoms with Crippen molar-refractivity contribution in [1.82, 2.24) is 5.32 Å². The van der Waals surface area contributed by atoms with Gasteiger partial charge in [-0.2, -0.15) is 0 Å². The molecule has 0 amide bonds. The first-order chi connectivity index (χ1) is 9.51. The van der Waals surface area contributed by atoms with Gasteiger partial charge in [0.05, 0.1) is 16.4 Å².